The fourth-order valence-electron chi connectivity index (χ4n) is 3.87. The summed E-state index contributed by atoms with van der Waals surface area (Å²) in [5.41, 5.74) is 0.716. The Hall–Kier alpha value is -3.19. The number of carbonyl (C=O) groups is 1. The van der Waals surface area contributed by atoms with Crippen LogP contribution < -0.4 is 0 Å². The van der Waals surface area contributed by atoms with Crippen molar-refractivity contribution >= 4 is 5.91 Å². The first kappa shape index (κ1) is 22.0. The van der Waals surface area contributed by atoms with E-state index in [0.29, 0.717) is 25.3 Å². The number of benzene rings is 2. The summed E-state index contributed by atoms with van der Waals surface area (Å²) in [7, 11) is 0. The number of ether oxygens (including phenoxy) is 1. The number of amides is 1. The van der Waals surface area contributed by atoms with Crippen molar-refractivity contribution in [1.29, 1.82) is 0 Å². The summed E-state index contributed by atoms with van der Waals surface area (Å²) >= 11 is 0. The first-order valence-corrected chi connectivity index (χ1v) is 10.5. The van der Waals surface area contributed by atoms with Crippen molar-refractivity contribution in [2.75, 3.05) is 13.2 Å². The molecule has 32 heavy (non-hydrogen) atoms. The van der Waals surface area contributed by atoms with Crippen LogP contribution in [0.5, 0.6) is 0 Å². The lowest BCUT2D eigenvalue weighted by atomic mass is 10.0. The first-order valence-electron chi connectivity index (χ1n) is 10.5. The zero-order chi connectivity index (χ0) is 22.6. The molecule has 1 saturated heterocycles. The molecule has 0 saturated carbocycles. The summed E-state index contributed by atoms with van der Waals surface area (Å²) in [5.74, 6) is -0.229. The van der Waals surface area contributed by atoms with E-state index in [4.69, 9.17) is 4.74 Å². The highest BCUT2D eigenvalue weighted by Crippen LogP contribution is 2.36. The van der Waals surface area contributed by atoms with E-state index in [9.17, 15) is 18.0 Å². The molecule has 166 valence electrons. The summed E-state index contributed by atoms with van der Waals surface area (Å²) in [6.07, 6.45) is -1.30. The van der Waals surface area contributed by atoms with Gasteiger partial charge in [-0.1, -0.05) is 48.5 Å². The zero-order valence-electron chi connectivity index (χ0n) is 17.4. The van der Waals surface area contributed by atoms with Crippen molar-refractivity contribution in [1.82, 2.24) is 9.88 Å². The molecular formula is C25H23F3N2O2. The third-order valence-electron chi connectivity index (χ3n) is 5.47. The van der Waals surface area contributed by atoms with E-state index in [1.807, 2.05) is 30.3 Å². The molecule has 7 heteroatoms. The minimum Gasteiger partial charge on any atom is -0.376 e. The molecule has 1 atom stereocenters. The second kappa shape index (κ2) is 9.53. The summed E-state index contributed by atoms with van der Waals surface area (Å²) in [5, 5.41) is 0. The van der Waals surface area contributed by atoms with Crippen LogP contribution in [0.15, 0.2) is 72.9 Å². The van der Waals surface area contributed by atoms with Crippen LogP contribution in [0.25, 0.3) is 11.3 Å². The highest BCUT2D eigenvalue weighted by atomic mass is 19.4. The van der Waals surface area contributed by atoms with Gasteiger partial charge in [-0.15, -0.1) is 0 Å². The monoisotopic (exact) mass is 440 g/mol. The second-order valence-corrected chi connectivity index (χ2v) is 7.78. The molecule has 1 unspecified atom stereocenters. The Morgan fingerprint density at radius 2 is 1.78 bits per heavy atom. The number of hydrogen-bond donors (Lipinski definition) is 0. The van der Waals surface area contributed by atoms with Gasteiger partial charge in [-0.25, -0.2) is 0 Å². The number of halogens is 3. The molecule has 1 fully saturated rings. The molecule has 1 aliphatic rings. The van der Waals surface area contributed by atoms with Gasteiger partial charge in [-0.3, -0.25) is 9.78 Å². The van der Waals surface area contributed by atoms with Crippen molar-refractivity contribution in [3.05, 3.63) is 89.6 Å². The Kier molecular flexibility index (Phi) is 6.55. The molecule has 0 bridgehead atoms. The molecular weight excluding hydrogens is 417 g/mol. The number of rotatable bonds is 6. The maximum absolute atomic E-state index is 13.3. The standard InChI is InChI=1S/C25H23F3N2O2/c26-25(27,28)22-11-5-4-10-21(22)23-13-12-19(15-29-23)24(31)30(17-20-9-6-14-32-20)16-18-7-2-1-3-8-18/h1-5,7-8,10-13,15,20H,6,9,14,16-17H2. The van der Waals surface area contributed by atoms with Gasteiger partial charge >= 0.3 is 6.18 Å². The third-order valence-corrected chi connectivity index (χ3v) is 5.47. The van der Waals surface area contributed by atoms with Gasteiger partial charge in [0.15, 0.2) is 0 Å². The Morgan fingerprint density at radius 1 is 1.03 bits per heavy atom. The molecule has 2 aromatic carbocycles. The lowest BCUT2D eigenvalue weighted by molar-refractivity contribution is -0.137. The van der Waals surface area contributed by atoms with Crippen molar-refractivity contribution in [3.63, 3.8) is 0 Å². The highest BCUT2D eigenvalue weighted by molar-refractivity contribution is 5.94. The Balaban J connectivity index is 1.58. The van der Waals surface area contributed by atoms with Gasteiger partial charge in [-0.05, 0) is 36.6 Å². The van der Waals surface area contributed by atoms with Crippen molar-refractivity contribution < 1.29 is 22.7 Å². The predicted octanol–water partition coefficient (Wildman–Crippen LogP) is 5.59. The van der Waals surface area contributed by atoms with E-state index < -0.39 is 11.7 Å². The average Bonchev–Trinajstić information content (AvgIpc) is 3.32. The maximum Gasteiger partial charge on any atom is 0.417 e. The van der Waals surface area contributed by atoms with Crippen LogP contribution in [0.1, 0.15) is 34.3 Å². The summed E-state index contributed by atoms with van der Waals surface area (Å²) in [6, 6.07) is 17.9. The average molecular weight is 440 g/mol. The van der Waals surface area contributed by atoms with E-state index in [1.54, 1.807) is 4.90 Å². The molecule has 4 nitrogen and oxygen atoms in total. The lowest BCUT2D eigenvalue weighted by Gasteiger charge is -2.26. The molecule has 3 aromatic rings. The smallest absolute Gasteiger partial charge is 0.376 e. The van der Waals surface area contributed by atoms with Gasteiger partial charge in [0.25, 0.3) is 5.91 Å². The van der Waals surface area contributed by atoms with Crippen LogP contribution in [-0.4, -0.2) is 35.0 Å². The molecule has 0 spiro atoms. The summed E-state index contributed by atoms with van der Waals surface area (Å²) in [6.45, 7) is 1.55. The quantitative estimate of drug-likeness (QED) is 0.502. The van der Waals surface area contributed by atoms with Crippen LogP contribution in [0.3, 0.4) is 0 Å². The largest absolute Gasteiger partial charge is 0.417 e. The number of alkyl halides is 3. The van der Waals surface area contributed by atoms with Crippen LogP contribution in [0.2, 0.25) is 0 Å². The van der Waals surface area contributed by atoms with Gasteiger partial charge in [0, 0.05) is 31.5 Å². The number of aromatic nitrogens is 1. The molecule has 2 heterocycles. The van der Waals surface area contributed by atoms with Gasteiger partial charge in [0.2, 0.25) is 0 Å². The van der Waals surface area contributed by atoms with E-state index >= 15 is 0 Å². The SMILES string of the molecule is O=C(c1ccc(-c2ccccc2C(F)(F)F)nc1)N(Cc1ccccc1)CC1CCCO1. The van der Waals surface area contributed by atoms with Gasteiger partial charge in [0.1, 0.15) is 0 Å². The normalized spacial score (nSPS) is 16.2. The Bertz CT molecular complexity index is 1050. The minimum atomic E-state index is -4.49. The van der Waals surface area contributed by atoms with E-state index in [-0.39, 0.29) is 23.3 Å². The molecule has 1 aromatic heterocycles. The number of nitrogens with zero attached hydrogens (tertiary/aromatic N) is 2. The molecule has 1 aliphatic heterocycles. The van der Waals surface area contributed by atoms with Gasteiger partial charge in [-0.2, -0.15) is 13.2 Å². The third kappa shape index (κ3) is 5.16. The number of pyridine rings is 1. The van der Waals surface area contributed by atoms with Crippen molar-refractivity contribution in [3.8, 4) is 11.3 Å². The fraction of sp³-hybridized carbons (Fsp3) is 0.280. The predicted molar refractivity (Wildman–Crippen MR) is 115 cm³/mol. The fourth-order valence-corrected chi connectivity index (χ4v) is 3.87. The van der Waals surface area contributed by atoms with Crippen molar-refractivity contribution in [2.24, 2.45) is 0 Å². The first-order chi connectivity index (χ1) is 15.4. The molecule has 0 aliphatic carbocycles. The van der Waals surface area contributed by atoms with Crippen molar-refractivity contribution in [2.45, 2.75) is 31.7 Å². The summed E-state index contributed by atoms with van der Waals surface area (Å²) < 4.78 is 45.8. The van der Waals surface area contributed by atoms with Crippen LogP contribution in [0, 0.1) is 0 Å². The van der Waals surface area contributed by atoms with E-state index in [1.165, 1.54) is 36.5 Å². The van der Waals surface area contributed by atoms with Gasteiger partial charge < -0.3 is 9.64 Å². The lowest BCUT2D eigenvalue weighted by Crippen LogP contribution is -2.37. The number of hydrogen-bond acceptors (Lipinski definition) is 3. The topological polar surface area (TPSA) is 42.4 Å². The highest BCUT2D eigenvalue weighted by Gasteiger charge is 2.33. The van der Waals surface area contributed by atoms with E-state index in [2.05, 4.69) is 4.98 Å². The van der Waals surface area contributed by atoms with E-state index in [0.717, 1.165) is 24.5 Å². The molecule has 0 radical (unpaired) electrons. The van der Waals surface area contributed by atoms with Crippen LogP contribution in [0.4, 0.5) is 13.2 Å². The Morgan fingerprint density at radius 3 is 2.44 bits per heavy atom. The second-order valence-electron chi connectivity index (χ2n) is 7.78. The van der Waals surface area contributed by atoms with Crippen LogP contribution >= 0.6 is 0 Å². The van der Waals surface area contributed by atoms with Gasteiger partial charge in [0.05, 0.1) is 22.9 Å². The maximum atomic E-state index is 13.3. The Labute approximate surface area is 184 Å². The molecule has 1 amide bonds. The minimum absolute atomic E-state index is 0.0144. The summed E-state index contributed by atoms with van der Waals surface area (Å²) in [4.78, 5) is 19.2. The van der Waals surface area contributed by atoms with Crippen LogP contribution in [-0.2, 0) is 17.5 Å². The molecule has 0 N–H and O–H groups in total. The molecule has 4 rings (SSSR count). The number of carbonyl (C=O) groups excluding carboxylic acids is 1. The zero-order valence-corrected chi connectivity index (χ0v) is 17.4.